The van der Waals surface area contributed by atoms with Crippen LogP contribution < -0.4 is 0 Å². The van der Waals surface area contributed by atoms with Gasteiger partial charge in [-0.1, -0.05) is 37.3 Å². The van der Waals surface area contributed by atoms with Crippen molar-refractivity contribution >= 4 is 5.97 Å². The molecular formula is C11H14O3. The molecule has 1 aromatic carbocycles. The molecule has 1 atom stereocenters. The van der Waals surface area contributed by atoms with E-state index in [1.165, 1.54) is 0 Å². The molecule has 1 N–H and O–H groups in total. The van der Waals surface area contributed by atoms with Gasteiger partial charge >= 0.3 is 5.97 Å². The van der Waals surface area contributed by atoms with Gasteiger partial charge < -0.3 is 9.84 Å². The molecule has 0 aliphatic carbocycles. The minimum absolute atomic E-state index is 0.0245. The van der Waals surface area contributed by atoms with E-state index in [-0.39, 0.29) is 12.6 Å². The molecule has 1 aromatic rings. The first-order chi connectivity index (χ1) is 6.74. The third-order valence-corrected chi connectivity index (χ3v) is 1.88. The number of aliphatic hydroxyl groups excluding tert-OH is 1. The average molecular weight is 194 g/mol. The Morgan fingerprint density at radius 2 is 2.07 bits per heavy atom. The molecule has 0 radical (unpaired) electrons. The van der Waals surface area contributed by atoms with Crippen LogP contribution in [0.4, 0.5) is 0 Å². The van der Waals surface area contributed by atoms with Crippen LogP contribution in [0.15, 0.2) is 30.3 Å². The molecule has 0 aliphatic heterocycles. The number of carbonyl (C=O) groups is 1. The molecule has 0 spiro atoms. The number of hydrogen-bond acceptors (Lipinski definition) is 3. The molecule has 76 valence electrons. The fraction of sp³-hybridized carbons (Fsp3) is 0.364. The molecule has 3 heteroatoms. The summed E-state index contributed by atoms with van der Waals surface area (Å²) >= 11 is 0. The quantitative estimate of drug-likeness (QED) is 0.742. The van der Waals surface area contributed by atoms with Gasteiger partial charge in [0.25, 0.3) is 0 Å². The van der Waals surface area contributed by atoms with Crippen molar-refractivity contribution in [2.45, 2.75) is 19.4 Å². The molecular weight excluding hydrogens is 180 g/mol. The van der Waals surface area contributed by atoms with Crippen molar-refractivity contribution in [1.29, 1.82) is 0 Å². The predicted molar refractivity (Wildman–Crippen MR) is 52.7 cm³/mol. The van der Waals surface area contributed by atoms with Gasteiger partial charge in [-0.2, -0.15) is 0 Å². The highest BCUT2D eigenvalue weighted by Gasteiger charge is 2.08. The summed E-state index contributed by atoms with van der Waals surface area (Å²) in [5.74, 6) is -0.292. The molecule has 14 heavy (non-hydrogen) atoms. The molecule has 0 saturated carbocycles. The molecule has 1 unspecified atom stereocenters. The maximum Gasteiger partial charge on any atom is 0.305 e. The molecule has 0 bridgehead atoms. The van der Waals surface area contributed by atoms with E-state index in [0.717, 1.165) is 5.56 Å². The highest BCUT2D eigenvalue weighted by molar-refractivity contribution is 5.68. The minimum Gasteiger partial charge on any atom is -0.463 e. The number of aliphatic hydroxyl groups is 1. The van der Waals surface area contributed by atoms with Crippen molar-refractivity contribution in [1.82, 2.24) is 0 Å². The Morgan fingerprint density at radius 1 is 1.43 bits per heavy atom. The zero-order valence-corrected chi connectivity index (χ0v) is 8.14. The SMILES string of the molecule is CCC(=O)OCC(O)c1ccccc1. The second-order valence-electron chi connectivity index (χ2n) is 2.96. The van der Waals surface area contributed by atoms with Crippen LogP contribution in [0.2, 0.25) is 0 Å². The number of ether oxygens (including phenoxy) is 1. The van der Waals surface area contributed by atoms with Gasteiger partial charge in [-0.15, -0.1) is 0 Å². The van der Waals surface area contributed by atoms with E-state index in [9.17, 15) is 9.90 Å². The Labute approximate surface area is 83.3 Å². The first-order valence-electron chi connectivity index (χ1n) is 4.62. The average Bonchev–Trinajstić information content (AvgIpc) is 2.26. The van der Waals surface area contributed by atoms with Crippen molar-refractivity contribution in [2.75, 3.05) is 6.61 Å². The van der Waals surface area contributed by atoms with Crippen LogP contribution in [0, 0.1) is 0 Å². The predicted octanol–water partition coefficient (Wildman–Crippen LogP) is 1.67. The van der Waals surface area contributed by atoms with Crippen LogP contribution in [-0.2, 0) is 9.53 Å². The Bertz CT molecular complexity index is 282. The lowest BCUT2D eigenvalue weighted by Crippen LogP contribution is -2.11. The van der Waals surface area contributed by atoms with Gasteiger partial charge in [-0.25, -0.2) is 0 Å². The summed E-state index contributed by atoms with van der Waals surface area (Å²) in [7, 11) is 0. The van der Waals surface area contributed by atoms with Gasteiger partial charge in [-0.3, -0.25) is 4.79 Å². The van der Waals surface area contributed by atoms with Crippen LogP contribution in [0.5, 0.6) is 0 Å². The molecule has 0 aromatic heterocycles. The smallest absolute Gasteiger partial charge is 0.305 e. The molecule has 0 fully saturated rings. The van der Waals surface area contributed by atoms with Gasteiger partial charge in [0.1, 0.15) is 12.7 Å². The monoisotopic (exact) mass is 194 g/mol. The molecule has 1 rings (SSSR count). The van der Waals surface area contributed by atoms with E-state index in [0.29, 0.717) is 6.42 Å². The molecule has 0 saturated heterocycles. The highest BCUT2D eigenvalue weighted by atomic mass is 16.5. The van der Waals surface area contributed by atoms with Crippen LogP contribution in [0.3, 0.4) is 0 Å². The largest absolute Gasteiger partial charge is 0.463 e. The highest BCUT2D eigenvalue weighted by Crippen LogP contribution is 2.12. The fourth-order valence-corrected chi connectivity index (χ4v) is 1.05. The summed E-state index contributed by atoms with van der Waals surface area (Å²) in [6.07, 6.45) is -0.395. The van der Waals surface area contributed by atoms with Crippen molar-refractivity contribution in [2.24, 2.45) is 0 Å². The molecule has 0 amide bonds. The summed E-state index contributed by atoms with van der Waals surface area (Å²) < 4.78 is 4.82. The number of esters is 1. The number of benzene rings is 1. The Balaban J connectivity index is 2.43. The van der Waals surface area contributed by atoms with Gasteiger partial charge in [0.05, 0.1) is 0 Å². The second kappa shape index (κ2) is 5.40. The zero-order chi connectivity index (χ0) is 10.4. The van der Waals surface area contributed by atoms with E-state index in [1.807, 2.05) is 18.2 Å². The number of hydrogen-bond donors (Lipinski definition) is 1. The lowest BCUT2D eigenvalue weighted by Gasteiger charge is -2.10. The van der Waals surface area contributed by atoms with E-state index in [2.05, 4.69) is 0 Å². The summed E-state index contributed by atoms with van der Waals surface area (Å²) in [4.78, 5) is 10.8. The summed E-state index contributed by atoms with van der Waals surface area (Å²) in [6, 6.07) is 9.13. The third-order valence-electron chi connectivity index (χ3n) is 1.88. The van der Waals surface area contributed by atoms with Gasteiger partial charge in [0.2, 0.25) is 0 Å². The van der Waals surface area contributed by atoms with Gasteiger partial charge in [0, 0.05) is 6.42 Å². The van der Waals surface area contributed by atoms with E-state index >= 15 is 0 Å². The van der Waals surface area contributed by atoms with E-state index in [4.69, 9.17) is 4.74 Å². The second-order valence-corrected chi connectivity index (χ2v) is 2.96. The van der Waals surface area contributed by atoms with Crippen molar-refractivity contribution in [3.8, 4) is 0 Å². The maximum atomic E-state index is 10.8. The van der Waals surface area contributed by atoms with Gasteiger partial charge in [0.15, 0.2) is 0 Å². The standard InChI is InChI=1S/C11H14O3/c1-2-11(13)14-8-10(12)9-6-4-3-5-7-9/h3-7,10,12H,2,8H2,1H3. The van der Waals surface area contributed by atoms with E-state index in [1.54, 1.807) is 19.1 Å². The molecule has 3 nitrogen and oxygen atoms in total. The first-order valence-corrected chi connectivity index (χ1v) is 4.62. The summed E-state index contributed by atoms with van der Waals surface area (Å²) in [6.45, 7) is 1.74. The van der Waals surface area contributed by atoms with Crippen LogP contribution in [-0.4, -0.2) is 17.7 Å². The zero-order valence-electron chi connectivity index (χ0n) is 8.14. The van der Waals surface area contributed by atoms with E-state index < -0.39 is 6.10 Å². The Hall–Kier alpha value is -1.35. The van der Waals surface area contributed by atoms with Crippen molar-refractivity contribution in [3.63, 3.8) is 0 Å². The third kappa shape index (κ3) is 3.18. The first kappa shape index (κ1) is 10.7. The van der Waals surface area contributed by atoms with Gasteiger partial charge in [-0.05, 0) is 5.56 Å². The normalized spacial score (nSPS) is 12.1. The lowest BCUT2D eigenvalue weighted by atomic mass is 10.1. The topological polar surface area (TPSA) is 46.5 Å². The van der Waals surface area contributed by atoms with Crippen molar-refractivity contribution < 1.29 is 14.6 Å². The fourth-order valence-electron chi connectivity index (χ4n) is 1.05. The Kier molecular flexibility index (Phi) is 4.13. The number of rotatable bonds is 4. The van der Waals surface area contributed by atoms with Crippen LogP contribution in [0.1, 0.15) is 25.0 Å². The lowest BCUT2D eigenvalue weighted by molar-refractivity contribution is -0.146. The maximum absolute atomic E-state index is 10.8. The van der Waals surface area contributed by atoms with Crippen LogP contribution in [0.25, 0.3) is 0 Å². The summed E-state index contributed by atoms with van der Waals surface area (Å²) in [5.41, 5.74) is 0.761. The molecule has 0 aliphatic rings. The van der Waals surface area contributed by atoms with Crippen LogP contribution >= 0.6 is 0 Å². The molecule has 0 heterocycles. The Morgan fingerprint density at radius 3 is 2.64 bits per heavy atom. The minimum atomic E-state index is -0.730. The van der Waals surface area contributed by atoms with Crippen molar-refractivity contribution in [3.05, 3.63) is 35.9 Å². The number of carbonyl (C=O) groups excluding carboxylic acids is 1. The summed E-state index contributed by atoms with van der Waals surface area (Å²) in [5, 5.41) is 9.59.